The summed E-state index contributed by atoms with van der Waals surface area (Å²) >= 11 is 0. The van der Waals surface area contributed by atoms with Crippen molar-refractivity contribution in [2.24, 2.45) is 5.92 Å². The number of aliphatic hydroxyl groups is 1. The number of ether oxygens (including phenoxy) is 2. The summed E-state index contributed by atoms with van der Waals surface area (Å²) in [5.41, 5.74) is 0. The van der Waals surface area contributed by atoms with E-state index in [1.165, 1.54) is 77.0 Å². The van der Waals surface area contributed by atoms with Gasteiger partial charge in [-0.15, -0.1) is 0 Å². The largest absolute Gasteiger partial charge is 0.394 e. The van der Waals surface area contributed by atoms with Crippen LogP contribution in [-0.2, 0) is 9.47 Å². The third-order valence-electron chi connectivity index (χ3n) is 4.44. The predicted octanol–water partition coefficient (Wildman–Crippen LogP) is 5.70. The Labute approximate surface area is 145 Å². The van der Waals surface area contributed by atoms with E-state index in [1.807, 2.05) is 6.92 Å². The van der Waals surface area contributed by atoms with Gasteiger partial charge < -0.3 is 14.6 Å². The molecule has 0 aromatic carbocycles. The molecule has 0 rings (SSSR count). The second-order valence-corrected chi connectivity index (χ2v) is 6.77. The molecule has 2 atom stereocenters. The third-order valence-corrected chi connectivity index (χ3v) is 4.44. The maximum absolute atomic E-state index is 8.78. The van der Waals surface area contributed by atoms with Crippen LogP contribution in [0.15, 0.2) is 0 Å². The fourth-order valence-corrected chi connectivity index (χ4v) is 2.92. The molecule has 2 unspecified atom stereocenters. The van der Waals surface area contributed by atoms with Crippen molar-refractivity contribution in [1.82, 2.24) is 0 Å². The average molecular weight is 331 g/mol. The van der Waals surface area contributed by atoms with Gasteiger partial charge in [-0.1, -0.05) is 78.1 Å². The molecule has 0 bridgehead atoms. The van der Waals surface area contributed by atoms with E-state index in [0.29, 0.717) is 12.5 Å². The first-order valence-electron chi connectivity index (χ1n) is 10.1. The molecule has 1 N–H and O–H groups in total. The number of hydrogen-bond donors (Lipinski definition) is 1. The summed E-state index contributed by atoms with van der Waals surface area (Å²) < 4.78 is 11.2. The van der Waals surface area contributed by atoms with Gasteiger partial charge in [0.05, 0.1) is 19.8 Å². The summed E-state index contributed by atoms with van der Waals surface area (Å²) in [6, 6.07) is 0. The van der Waals surface area contributed by atoms with Gasteiger partial charge in [0.1, 0.15) is 0 Å². The van der Waals surface area contributed by atoms with E-state index < -0.39 is 0 Å². The molecule has 0 spiro atoms. The molecular weight excluding hydrogens is 288 g/mol. The Kier molecular flexibility index (Phi) is 18.1. The molecule has 0 amide bonds. The first-order valence-corrected chi connectivity index (χ1v) is 10.1. The zero-order valence-electron chi connectivity index (χ0n) is 16.0. The van der Waals surface area contributed by atoms with Crippen LogP contribution < -0.4 is 0 Å². The molecule has 3 nitrogen and oxygen atoms in total. The highest BCUT2D eigenvalue weighted by Gasteiger charge is 2.11. The van der Waals surface area contributed by atoms with Crippen molar-refractivity contribution in [3.63, 3.8) is 0 Å². The van der Waals surface area contributed by atoms with Gasteiger partial charge in [-0.2, -0.15) is 0 Å². The summed E-state index contributed by atoms with van der Waals surface area (Å²) in [6.45, 7) is 7.68. The Balaban J connectivity index is 3.87. The number of unbranched alkanes of at least 4 members (excludes halogenated alkanes) is 8. The summed E-state index contributed by atoms with van der Waals surface area (Å²) in [7, 11) is 0. The molecule has 0 heterocycles. The van der Waals surface area contributed by atoms with E-state index in [9.17, 15) is 0 Å². The zero-order valence-corrected chi connectivity index (χ0v) is 16.0. The van der Waals surface area contributed by atoms with Crippen molar-refractivity contribution in [2.75, 3.05) is 19.8 Å². The molecule has 0 radical (unpaired) electrons. The normalized spacial score (nSPS) is 14.1. The third kappa shape index (κ3) is 16.5. The van der Waals surface area contributed by atoms with Gasteiger partial charge in [0, 0.05) is 0 Å². The molecular formula is C20H42O3. The molecule has 0 saturated carbocycles. The molecule has 0 aliphatic carbocycles. The van der Waals surface area contributed by atoms with Crippen molar-refractivity contribution in [1.29, 1.82) is 0 Å². The maximum atomic E-state index is 8.78. The zero-order chi connectivity index (χ0) is 17.2. The van der Waals surface area contributed by atoms with Crippen molar-refractivity contribution in [3.8, 4) is 0 Å². The summed E-state index contributed by atoms with van der Waals surface area (Å²) in [5, 5.41) is 8.78. The topological polar surface area (TPSA) is 38.7 Å². The van der Waals surface area contributed by atoms with Crippen LogP contribution in [0.5, 0.6) is 0 Å². The van der Waals surface area contributed by atoms with Gasteiger partial charge in [0.2, 0.25) is 0 Å². The van der Waals surface area contributed by atoms with Gasteiger partial charge in [-0.05, 0) is 25.7 Å². The summed E-state index contributed by atoms with van der Waals surface area (Å²) in [4.78, 5) is 0. The van der Waals surface area contributed by atoms with E-state index >= 15 is 0 Å². The van der Waals surface area contributed by atoms with Gasteiger partial charge in [-0.3, -0.25) is 0 Å². The summed E-state index contributed by atoms with van der Waals surface area (Å²) in [6.07, 6.45) is 15.8. The molecule has 0 aromatic rings. The number of aliphatic hydroxyl groups excluding tert-OH is 1. The molecule has 0 aromatic heterocycles. The highest BCUT2D eigenvalue weighted by molar-refractivity contribution is 4.60. The average Bonchev–Trinajstić information content (AvgIpc) is 2.56. The van der Waals surface area contributed by atoms with E-state index in [4.69, 9.17) is 14.6 Å². The quantitative estimate of drug-likeness (QED) is 0.259. The fourth-order valence-electron chi connectivity index (χ4n) is 2.92. The monoisotopic (exact) mass is 330 g/mol. The standard InChI is InChI=1S/C20H42O3/c1-4-6-8-10-11-13-15-20(14-12-9-7-5-2)18-23-19(3)22-17-16-21/h19-21H,4-18H2,1-3H3. The van der Waals surface area contributed by atoms with Crippen LogP contribution in [0, 0.1) is 5.92 Å². The summed E-state index contributed by atoms with van der Waals surface area (Å²) in [5.74, 6) is 0.665. The second-order valence-electron chi connectivity index (χ2n) is 6.77. The van der Waals surface area contributed by atoms with Gasteiger partial charge in [0.15, 0.2) is 6.29 Å². The smallest absolute Gasteiger partial charge is 0.154 e. The number of rotatable bonds is 18. The van der Waals surface area contributed by atoms with Crippen LogP contribution in [0.25, 0.3) is 0 Å². The van der Waals surface area contributed by atoms with Crippen LogP contribution in [0.2, 0.25) is 0 Å². The van der Waals surface area contributed by atoms with Crippen LogP contribution in [0.3, 0.4) is 0 Å². The molecule has 0 fully saturated rings. The first-order chi connectivity index (χ1) is 11.2. The Morgan fingerprint density at radius 1 is 0.739 bits per heavy atom. The molecule has 0 saturated heterocycles. The van der Waals surface area contributed by atoms with Crippen molar-refractivity contribution in [2.45, 2.75) is 104 Å². The molecule has 0 aliphatic heterocycles. The highest BCUT2D eigenvalue weighted by Crippen LogP contribution is 2.20. The Morgan fingerprint density at radius 3 is 1.83 bits per heavy atom. The van der Waals surface area contributed by atoms with Crippen molar-refractivity contribution in [3.05, 3.63) is 0 Å². The van der Waals surface area contributed by atoms with Gasteiger partial charge in [0.25, 0.3) is 0 Å². The maximum Gasteiger partial charge on any atom is 0.154 e. The Hall–Kier alpha value is -0.120. The van der Waals surface area contributed by atoms with Gasteiger partial charge in [-0.25, -0.2) is 0 Å². The minimum atomic E-state index is -0.204. The number of hydrogen-bond acceptors (Lipinski definition) is 3. The Bertz CT molecular complexity index is 221. The Morgan fingerprint density at radius 2 is 1.26 bits per heavy atom. The molecule has 0 aliphatic rings. The first kappa shape index (κ1) is 22.9. The lowest BCUT2D eigenvalue weighted by atomic mass is 9.95. The lowest BCUT2D eigenvalue weighted by Crippen LogP contribution is -2.20. The predicted molar refractivity (Wildman–Crippen MR) is 98.7 cm³/mol. The molecule has 23 heavy (non-hydrogen) atoms. The van der Waals surface area contributed by atoms with E-state index in [2.05, 4.69) is 13.8 Å². The lowest BCUT2D eigenvalue weighted by molar-refractivity contribution is -0.144. The molecule has 3 heteroatoms. The van der Waals surface area contributed by atoms with E-state index in [0.717, 1.165) is 6.61 Å². The SMILES string of the molecule is CCCCCCCCC(CCCCCC)COC(C)OCCO. The van der Waals surface area contributed by atoms with Crippen LogP contribution in [-0.4, -0.2) is 31.2 Å². The minimum Gasteiger partial charge on any atom is -0.394 e. The minimum absolute atomic E-state index is 0.0614. The van der Waals surface area contributed by atoms with Crippen LogP contribution in [0.4, 0.5) is 0 Å². The van der Waals surface area contributed by atoms with E-state index in [1.54, 1.807) is 0 Å². The second kappa shape index (κ2) is 18.2. The lowest BCUT2D eigenvalue weighted by Gasteiger charge is -2.20. The molecule has 140 valence electrons. The fraction of sp³-hybridized carbons (Fsp3) is 1.00. The van der Waals surface area contributed by atoms with Crippen molar-refractivity contribution >= 4 is 0 Å². The van der Waals surface area contributed by atoms with Gasteiger partial charge >= 0.3 is 0 Å². The highest BCUT2D eigenvalue weighted by atomic mass is 16.7. The van der Waals surface area contributed by atoms with Crippen LogP contribution >= 0.6 is 0 Å². The van der Waals surface area contributed by atoms with Crippen LogP contribution in [0.1, 0.15) is 97.8 Å². The van der Waals surface area contributed by atoms with Crippen molar-refractivity contribution < 1.29 is 14.6 Å². The van der Waals surface area contributed by atoms with E-state index in [-0.39, 0.29) is 12.9 Å².